The molecule has 0 saturated heterocycles. The summed E-state index contributed by atoms with van der Waals surface area (Å²) in [6.45, 7) is 12.9. The highest BCUT2D eigenvalue weighted by molar-refractivity contribution is 5.70. The van der Waals surface area contributed by atoms with E-state index in [-0.39, 0.29) is 0 Å². The number of nitrogens with two attached hydrogens (primary N) is 1. The largest absolute Gasteiger partial charge is 0.385 e. The SMILES string of the molecule is CCCNCNCCCNc1cc(CNCCCNCCCN)cc(-c2cccc(C)c2)c1. The summed E-state index contributed by atoms with van der Waals surface area (Å²) in [5, 5.41) is 17.5. The Kier molecular flexibility index (Phi) is 14.5. The van der Waals surface area contributed by atoms with Gasteiger partial charge in [-0.25, -0.2) is 0 Å². The van der Waals surface area contributed by atoms with Gasteiger partial charge in [-0.3, -0.25) is 0 Å². The van der Waals surface area contributed by atoms with Crippen molar-refractivity contribution in [3.63, 3.8) is 0 Å². The van der Waals surface area contributed by atoms with Crippen LogP contribution in [0, 0.1) is 6.92 Å². The van der Waals surface area contributed by atoms with Crippen LogP contribution < -0.4 is 32.3 Å². The molecule has 7 N–H and O–H groups in total. The van der Waals surface area contributed by atoms with Crippen molar-refractivity contribution in [2.75, 3.05) is 57.8 Å². The maximum absolute atomic E-state index is 5.53. The zero-order valence-corrected chi connectivity index (χ0v) is 20.8. The number of hydrogen-bond donors (Lipinski definition) is 6. The first kappa shape index (κ1) is 27.3. The van der Waals surface area contributed by atoms with Gasteiger partial charge in [-0.1, -0.05) is 36.8 Å². The maximum atomic E-state index is 5.53. The van der Waals surface area contributed by atoms with Gasteiger partial charge in [0.2, 0.25) is 0 Å². The van der Waals surface area contributed by atoms with Crippen LogP contribution in [0.4, 0.5) is 5.69 Å². The van der Waals surface area contributed by atoms with Crippen LogP contribution in [0.2, 0.25) is 0 Å². The monoisotopic (exact) mass is 454 g/mol. The first-order chi connectivity index (χ1) is 16.2. The fourth-order valence-electron chi connectivity index (χ4n) is 3.70. The minimum Gasteiger partial charge on any atom is -0.385 e. The van der Waals surface area contributed by atoms with Crippen LogP contribution in [-0.4, -0.2) is 52.5 Å². The Morgan fingerprint density at radius 3 is 2.30 bits per heavy atom. The number of anilines is 1. The number of benzene rings is 2. The fourth-order valence-corrected chi connectivity index (χ4v) is 3.70. The van der Waals surface area contributed by atoms with E-state index in [1.165, 1.54) is 34.4 Å². The van der Waals surface area contributed by atoms with Gasteiger partial charge in [-0.15, -0.1) is 0 Å². The van der Waals surface area contributed by atoms with Gasteiger partial charge in [0.25, 0.3) is 0 Å². The molecule has 0 saturated carbocycles. The second-order valence-corrected chi connectivity index (χ2v) is 8.67. The molecule has 0 aliphatic rings. The Hall–Kier alpha value is -1.96. The molecule has 2 aromatic rings. The first-order valence-corrected chi connectivity index (χ1v) is 12.7. The van der Waals surface area contributed by atoms with Crippen LogP contribution in [0.15, 0.2) is 42.5 Å². The van der Waals surface area contributed by atoms with Gasteiger partial charge in [0.15, 0.2) is 0 Å². The molecular weight excluding hydrogens is 408 g/mol. The van der Waals surface area contributed by atoms with E-state index < -0.39 is 0 Å². The van der Waals surface area contributed by atoms with E-state index in [2.05, 4.69) is 82.9 Å². The summed E-state index contributed by atoms with van der Waals surface area (Å²) < 4.78 is 0. The molecule has 0 unspecified atom stereocenters. The van der Waals surface area contributed by atoms with Crippen LogP contribution in [0.25, 0.3) is 11.1 Å². The summed E-state index contributed by atoms with van der Waals surface area (Å²) >= 11 is 0. The van der Waals surface area contributed by atoms with Crippen molar-refractivity contribution in [3.8, 4) is 11.1 Å². The highest BCUT2D eigenvalue weighted by atomic mass is 15.0. The van der Waals surface area contributed by atoms with Crippen molar-refractivity contribution in [1.29, 1.82) is 0 Å². The highest BCUT2D eigenvalue weighted by Crippen LogP contribution is 2.26. The van der Waals surface area contributed by atoms with Crippen molar-refractivity contribution < 1.29 is 0 Å². The van der Waals surface area contributed by atoms with Crippen LogP contribution in [-0.2, 0) is 6.54 Å². The molecule has 33 heavy (non-hydrogen) atoms. The molecule has 0 heterocycles. The first-order valence-electron chi connectivity index (χ1n) is 12.7. The number of rotatable bonds is 19. The van der Waals surface area contributed by atoms with Gasteiger partial charge in [-0.05, 0) is 107 Å². The molecule has 0 aromatic heterocycles. The van der Waals surface area contributed by atoms with Gasteiger partial charge >= 0.3 is 0 Å². The third kappa shape index (κ3) is 12.2. The molecular formula is C27H46N6. The van der Waals surface area contributed by atoms with Gasteiger partial charge in [0.1, 0.15) is 0 Å². The molecule has 184 valence electrons. The molecule has 6 heteroatoms. The zero-order valence-electron chi connectivity index (χ0n) is 20.8. The topological polar surface area (TPSA) is 86.2 Å². The second-order valence-electron chi connectivity index (χ2n) is 8.67. The third-order valence-corrected chi connectivity index (χ3v) is 5.47. The molecule has 0 aliphatic heterocycles. The van der Waals surface area contributed by atoms with E-state index in [0.29, 0.717) is 0 Å². The van der Waals surface area contributed by atoms with E-state index >= 15 is 0 Å². The zero-order chi connectivity index (χ0) is 23.6. The van der Waals surface area contributed by atoms with E-state index in [1.54, 1.807) is 0 Å². The van der Waals surface area contributed by atoms with Crippen molar-refractivity contribution in [2.24, 2.45) is 5.73 Å². The standard InChI is InChI=1S/C27H46N6/c1-3-11-31-22-32-15-7-16-33-27-19-24(21-30-14-6-13-29-12-5-10-28)18-26(20-27)25-9-4-8-23(2)17-25/h4,8-9,17-20,29-33H,3,5-7,10-16,21-22,28H2,1-2H3. The third-order valence-electron chi connectivity index (χ3n) is 5.47. The average molecular weight is 455 g/mol. The Labute approximate surface area is 201 Å². The number of aryl methyl sites for hydroxylation is 1. The second kappa shape index (κ2) is 17.5. The summed E-state index contributed by atoms with van der Waals surface area (Å²) in [7, 11) is 0. The Balaban J connectivity index is 1.86. The van der Waals surface area contributed by atoms with Gasteiger partial charge in [0.05, 0.1) is 0 Å². The van der Waals surface area contributed by atoms with Gasteiger partial charge < -0.3 is 32.3 Å². The molecule has 2 rings (SSSR count). The molecule has 0 spiro atoms. The molecule has 0 atom stereocenters. The predicted molar refractivity (Wildman–Crippen MR) is 144 cm³/mol. The van der Waals surface area contributed by atoms with Crippen molar-refractivity contribution >= 4 is 5.69 Å². The molecule has 0 amide bonds. The lowest BCUT2D eigenvalue weighted by atomic mass is 10.0. The molecule has 0 fully saturated rings. The van der Waals surface area contributed by atoms with Crippen LogP contribution in [0.5, 0.6) is 0 Å². The summed E-state index contributed by atoms with van der Waals surface area (Å²) in [5.41, 5.74) is 11.9. The minimum atomic E-state index is 0.756. The maximum Gasteiger partial charge on any atom is 0.0454 e. The Morgan fingerprint density at radius 2 is 1.48 bits per heavy atom. The minimum absolute atomic E-state index is 0.756. The van der Waals surface area contributed by atoms with Gasteiger partial charge in [-0.2, -0.15) is 0 Å². The summed E-state index contributed by atoms with van der Waals surface area (Å²) in [5.74, 6) is 0. The molecule has 0 aliphatic carbocycles. The molecule has 0 bridgehead atoms. The Bertz CT molecular complexity index is 726. The summed E-state index contributed by atoms with van der Waals surface area (Å²) in [4.78, 5) is 0. The fraction of sp³-hybridized carbons (Fsp3) is 0.556. The van der Waals surface area contributed by atoms with Crippen molar-refractivity contribution in [1.82, 2.24) is 21.3 Å². The van der Waals surface area contributed by atoms with Crippen LogP contribution >= 0.6 is 0 Å². The average Bonchev–Trinajstić information content (AvgIpc) is 2.82. The lowest BCUT2D eigenvalue weighted by Crippen LogP contribution is -2.30. The van der Waals surface area contributed by atoms with E-state index in [1.807, 2.05) is 0 Å². The lowest BCUT2D eigenvalue weighted by Gasteiger charge is -2.14. The van der Waals surface area contributed by atoms with Crippen molar-refractivity contribution in [2.45, 2.75) is 46.1 Å². The van der Waals surface area contributed by atoms with E-state index in [0.717, 1.165) is 78.3 Å². The molecule has 2 aromatic carbocycles. The normalized spacial score (nSPS) is 11.1. The molecule has 6 nitrogen and oxygen atoms in total. The Morgan fingerprint density at radius 1 is 0.727 bits per heavy atom. The smallest absolute Gasteiger partial charge is 0.0454 e. The van der Waals surface area contributed by atoms with Crippen molar-refractivity contribution in [3.05, 3.63) is 53.6 Å². The quantitative estimate of drug-likeness (QED) is 0.144. The van der Waals surface area contributed by atoms with E-state index in [9.17, 15) is 0 Å². The number of nitrogens with one attached hydrogen (secondary N) is 5. The summed E-state index contributed by atoms with van der Waals surface area (Å²) in [6.07, 6.45) is 4.42. The van der Waals surface area contributed by atoms with Crippen LogP contribution in [0.3, 0.4) is 0 Å². The van der Waals surface area contributed by atoms with Crippen LogP contribution in [0.1, 0.15) is 43.7 Å². The lowest BCUT2D eigenvalue weighted by molar-refractivity contribution is 0.571. The van der Waals surface area contributed by atoms with E-state index in [4.69, 9.17) is 5.73 Å². The highest BCUT2D eigenvalue weighted by Gasteiger charge is 2.05. The molecule has 0 radical (unpaired) electrons. The number of hydrogen-bond acceptors (Lipinski definition) is 6. The predicted octanol–water partition coefficient (Wildman–Crippen LogP) is 3.43. The summed E-state index contributed by atoms with van der Waals surface area (Å²) in [6, 6.07) is 15.6. The van der Waals surface area contributed by atoms with Gasteiger partial charge in [0, 0.05) is 25.4 Å².